The molecule has 2 rings (SSSR count). The number of carbonyl (C=O) groups excluding carboxylic acids is 1. The van der Waals surface area contributed by atoms with Crippen LogP contribution in [0.5, 0.6) is 5.75 Å². The van der Waals surface area contributed by atoms with Crippen molar-refractivity contribution in [1.82, 2.24) is 9.78 Å². The first-order valence-electron chi connectivity index (χ1n) is 5.99. The summed E-state index contributed by atoms with van der Waals surface area (Å²) in [5.41, 5.74) is -1.32. The van der Waals surface area contributed by atoms with Crippen molar-refractivity contribution < 1.29 is 22.7 Å². The van der Waals surface area contributed by atoms with E-state index in [-0.39, 0.29) is 5.69 Å². The van der Waals surface area contributed by atoms with Gasteiger partial charge in [-0.1, -0.05) is 17.7 Å². The summed E-state index contributed by atoms with van der Waals surface area (Å²) in [6.45, 7) is 0. The number of hydrogen-bond acceptors (Lipinski definition) is 3. The molecule has 5 nitrogen and oxygen atoms in total. The van der Waals surface area contributed by atoms with E-state index in [2.05, 4.69) is 10.4 Å². The molecule has 1 amide bonds. The zero-order valence-electron chi connectivity index (χ0n) is 11.5. The molecule has 0 saturated carbocycles. The van der Waals surface area contributed by atoms with E-state index in [1.54, 1.807) is 18.2 Å². The normalized spacial score (nSPS) is 11.4. The molecule has 1 N–H and O–H groups in total. The Morgan fingerprint density at radius 1 is 1.41 bits per heavy atom. The summed E-state index contributed by atoms with van der Waals surface area (Å²) in [4.78, 5) is 12.1. The first-order valence-corrected chi connectivity index (χ1v) is 6.37. The van der Waals surface area contributed by atoms with Gasteiger partial charge in [-0.15, -0.1) is 0 Å². The number of amides is 1. The number of rotatable bonds is 3. The fourth-order valence-electron chi connectivity index (χ4n) is 1.82. The third-order valence-electron chi connectivity index (χ3n) is 2.80. The smallest absolute Gasteiger partial charge is 0.436 e. The molecule has 9 heteroatoms. The highest BCUT2D eigenvalue weighted by atomic mass is 35.5. The SMILES string of the molecule is COc1cccc(NC(=O)c2c(Cl)c(C(F)(F)F)nn2C)c1. The number of ether oxygens (including phenoxy) is 1. The Morgan fingerprint density at radius 2 is 2.09 bits per heavy atom. The molecule has 0 spiro atoms. The highest BCUT2D eigenvalue weighted by Crippen LogP contribution is 2.35. The van der Waals surface area contributed by atoms with E-state index >= 15 is 0 Å². The van der Waals surface area contributed by atoms with Crippen LogP contribution in [0.3, 0.4) is 0 Å². The van der Waals surface area contributed by atoms with Crippen molar-refractivity contribution in [3.63, 3.8) is 0 Å². The van der Waals surface area contributed by atoms with E-state index in [1.165, 1.54) is 20.2 Å². The summed E-state index contributed by atoms with van der Waals surface area (Å²) in [6, 6.07) is 6.37. The van der Waals surface area contributed by atoms with Crippen LogP contribution in [0.1, 0.15) is 16.2 Å². The van der Waals surface area contributed by atoms with Crippen molar-refractivity contribution in [2.24, 2.45) is 7.05 Å². The summed E-state index contributed by atoms with van der Waals surface area (Å²) in [6.07, 6.45) is -4.73. The minimum absolute atomic E-state index is 0.357. The van der Waals surface area contributed by atoms with Crippen molar-refractivity contribution in [3.05, 3.63) is 40.7 Å². The van der Waals surface area contributed by atoms with Gasteiger partial charge in [0.05, 0.1) is 7.11 Å². The number of aromatic nitrogens is 2. The Kier molecular flexibility index (Phi) is 4.32. The number of benzene rings is 1. The van der Waals surface area contributed by atoms with E-state index in [9.17, 15) is 18.0 Å². The Hall–Kier alpha value is -2.22. The van der Waals surface area contributed by atoms with Crippen molar-refractivity contribution in [3.8, 4) is 5.75 Å². The minimum Gasteiger partial charge on any atom is -0.497 e. The van der Waals surface area contributed by atoms with Gasteiger partial charge in [0, 0.05) is 18.8 Å². The number of hydrogen-bond donors (Lipinski definition) is 1. The second kappa shape index (κ2) is 5.88. The summed E-state index contributed by atoms with van der Waals surface area (Å²) in [5.74, 6) is -0.311. The molecule has 0 bridgehead atoms. The lowest BCUT2D eigenvalue weighted by atomic mass is 10.2. The highest BCUT2D eigenvalue weighted by molar-refractivity contribution is 6.34. The monoisotopic (exact) mass is 333 g/mol. The molecule has 118 valence electrons. The van der Waals surface area contributed by atoms with E-state index in [1.807, 2.05) is 0 Å². The van der Waals surface area contributed by atoms with Crippen LogP contribution in [0.25, 0.3) is 0 Å². The van der Waals surface area contributed by atoms with E-state index in [0.717, 1.165) is 4.68 Å². The van der Waals surface area contributed by atoms with Crippen molar-refractivity contribution >= 4 is 23.2 Å². The van der Waals surface area contributed by atoms with Gasteiger partial charge in [-0.2, -0.15) is 18.3 Å². The molecule has 0 aliphatic heterocycles. The molecule has 1 aromatic carbocycles. The number of nitrogens with zero attached hydrogens (tertiary/aromatic N) is 2. The number of methoxy groups -OCH3 is 1. The van der Waals surface area contributed by atoms with Crippen LogP contribution in [-0.2, 0) is 13.2 Å². The Labute approximate surface area is 128 Å². The van der Waals surface area contributed by atoms with Crippen LogP contribution in [0.15, 0.2) is 24.3 Å². The lowest BCUT2D eigenvalue weighted by Crippen LogP contribution is -2.16. The van der Waals surface area contributed by atoms with E-state index in [0.29, 0.717) is 11.4 Å². The van der Waals surface area contributed by atoms with Gasteiger partial charge in [0.1, 0.15) is 16.5 Å². The maximum absolute atomic E-state index is 12.7. The third kappa shape index (κ3) is 3.16. The largest absolute Gasteiger partial charge is 0.497 e. The molecule has 1 aromatic heterocycles. The molecule has 0 unspecified atom stereocenters. The number of aryl methyl sites for hydroxylation is 1. The van der Waals surface area contributed by atoms with E-state index < -0.39 is 22.8 Å². The quantitative estimate of drug-likeness (QED) is 0.937. The number of alkyl halides is 3. The standard InChI is InChI=1S/C13H11ClF3N3O2/c1-20-10(9(14)11(19-20)13(15,16)17)12(21)18-7-4-3-5-8(6-7)22-2/h3-6H,1-2H3,(H,18,21). The zero-order chi connectivity index (χ0) is 16.5. The van der Waals surface area contributed by atoms with Gasteiger partial charge in [-0.25, -0.2) is 0 Å². The third-order valence-corrected chi connectivity index (χ3v) is 3.16. The maximum atomic E-state index is 12.7. The molecule has 0 radical (unpaired) electrons. The first-order chi connectivity index (χ1) is 10.2. The minimum atomic E-state index is -4.73. The molecule has 22 heavy (non-hydrogen) atoms. The zero-order valence-corrected chi connectivity index (χ0v) is 12.3. The molecule has 0 aliphatic rings. The van der Waals surface area contributed by atoms with Gasteiger partial charge in [0.25, 0.3) is 5.91 Å². The second-order valence-electron chi connectivity index (χ2n) is 4.32. The average Bonchev–Trinajstić information content (AvgIpc) is 2.74. The molecule has 2 aromatic rings. The number of nitrogens with one attached hydrogen (secondary N) is 1. The van der Waals surface area contributed by atoms with Crippen molar-refractivity contribution in [2.45, 2.75) is 6.18 Å². The highest BCUT2D eigenvalue weighted by Gasteiger charge is 2.39. The second-order valence-corrected chi connectivity index (χ2v) is 4.70. The van der Waals surface area contributed by atoms with Gasteiger partial charge in [0.2, 0.25) is 0 Å². The molecular formula is C13H11ClF3N3O2. The van der Waals surface area contributed by atoms with Gasteiger partial charge >= 0.3 is 6.18 Å². The summed E-state index contributed by atoms with van der Waals surface area (Å²) in [5, 5.41) is 4.96. The lowest BCUT2D eigenvalue weighted by Gasteiger charge is -2.07. The van der Waals surface area contributed by atoms with Crippen molar-refractivity contribution in [2.75, 3.05) is 12.4 Å². The average molecular weight is 334 g/mol. The fraction of sp³-hybridized carbons (Fsp3) is 0.231. The van der Waals surface area contributed by atoms with Gasteiger partial charge in [-0.05, 0) is 12.1 Å². The number of carbonyl (C=O) groups is 1. The van der Waals surface area contributed by atoms with Crippen LogP contribution in [0, 0.1) is 0 Å². The lowest BCUT2D eigenvalue weighted by molar-refractivity contribution is -0.141. The molecule has 0 aliphatic carbocycles. The van der Waals surface area contributed by atoms with E-state index in [4.69, 9.17) is 16.3 Å². The summed E-state index contributed by atoms with van der Waals surface area (Å²) in [7, 11) is 2.66. The molecule has 1 heterocycles. The van der Waals surface area contributed by atoms with Gasteiger partial charge < -0.3 is 10.1 Å². The van der Waals surface area contributed by atoms with Crippen LogP contribution in [0.4, 0.5) is 18.9 Å². The Morgan fingerprint density at radius 3 is 2.64 bits per heavy atom. The number of anilines is 1. The van der Waals surface area contributed by atoms with Gasteiger partial charge in [0.15, 0.2) is 5.69 Å². The van der Waals surface area contributed by atoms with Crippen LogP contribution < -0.4 is 10.1 Å². The maximum Gasteiger partial charge on any atom is 0.436 e. The molecule has 0 atom stereocenters. The Bertz CT molecular complexity index is 713. The summed E-state index contributed by atoms with van der Waals surface area (Å²) < 4.78 is 44.0. The predicted octanol–water partition coefficient (Wildman–Crippen LogP) is 3.35. The summed E-state index contributed by atoms with van der Waals surface area (Å²) >= 11 is 5.65. The predicted molar refractivity (Wildman–Crippen MR) is 74.2 cm³/mol. The molecule has 0 fully saturated rings. The van der Waals surface area contributed by atoms with Crippen LogP contribution >= 0.6 is 11.6 Å². The molecular weight excluding hydrogens is 323 g/mol. The van der Waals surface area contributed by atoms with Crippen LogP contribution in [-0.4, -0.2) is 22.8 Å². The topological polar surface area (TPSA) is 56.1 Å². The Balaban J connectivity index is 2.32. The number of halogens is 4. The van der Waals surface area contributed by atoms with Crippen LogP contribution in [0.2, 0.25) is 5.02 Å². The first kappa shape index (κ1) is 16.2. The van der Waals surface area contributed by atoms with Gasteiger partial charge in [-0.3, -0.25) is 9.48 Å². The van der Waals surface area contributed by atoms with Crippen molar-refractivity contribution in [1.29, 1.82) is 0 Å². The fourth-order valence-corrected chi connectivity index (χ4v) is 2.17. The molecule has 0 saturated heterocycles.